The molecule has 0 saturated carbocycles. The average molecular weight is 619 g/mol. The van der Waals surface area contributed by atoms with Gasteiger partial charge >= 0.3 is 12.1 Å². The van der Waals surface area contributed by atoms with Crippen LogP contribution in [0, 0.1) is 0 Å². The Kier molecular flexibility index (Phi) is 9.14. The Morgan fingerprint density at radius 2 is 1.79 bits per heavy atom. The van der Waals surface area contributed by atoms with Gasteiger partial charge in [0.15, 0.2) is 6.17 Å². The third kappa shape index (κ3) is 6.22. The number of hydrogen-bond acceptors (Lipinski definition) is 8. The molecule has 15 heteroatoms. The summed E-state index contributed by atoms with van der Waals surface area (Å²) in [7, 11) is 2.89. The van der Waals surface area contributed by atoms with Crippen molar-refractivity contribution in [3.63, 3.8) is 0 Å². The van der Waals surface area contributed by atoms with Gasteiger partial charge in [0.2, 0.25) is 0 Å². The number of hydroxylamine groups is 2. The maximum Gasteiger partial charge on any atom is 0.347 e. The van der Waals surface area contributed by atoms with Gasteiger partial charge in [0, 0.05) is 11.4 Å². The van der Waals surface area contributed by atoms with Crippen LogP contribution in [0.15, 0.2) is 64.3 Å². The van der Waals surface area contributed by atoms with Crippen molar-refractivity contribution in [2.75, 3.05) is 31.0 Å². The molecule has 2 heterocycles. The monoisotopic (exact) mass is 618 g/mol. The van der Waals surface area contributed by atoms with Crippen LogP contribution in [-0.2, 0) is 4.79 Å². The zero-order valence-electron chi connectivity index (χ0n) is 23.0. The summed E-state index contributed by atoms with van der Waals surface area (Å²) in [5.74, 6) is 0.525. The zero-order chi connectivity index (χ0) is 30.6. The van der Waals surface area contributed by atoms with Gasteiger partial charge in [-0.25, -0.2) is 15.0 Å². The van der Waals surface area contributed by atoms with Gasteiger partial charge in [-0.2, -0.15) is 10.2 Å². The molecule has 5 amide bonds. The Balaban J connectivity index is 1.63. The van der Waals surface area contributed by atoms with Crippen molar-refractivity contribution < 1.29 is 33.5 Å². The number of carbonyl (C=O) groups is 3. The number of hydrazone groups is 1. The minimum Gasteiger partial charge on any atom is -0.495 e. The van der Waals surface area contributed by atoms with Crippen LogP contribution in [0.5, 0.6) is 11.5 Å². The number of carbonyl (C=O) groups excluding carboxylic acids is 3. The Hall–Kier alpha value is -4.46. The normalized spacial score (nSPS) is 16.1. The van der Waals surface area contributed by atoms with Gasteiger partial charge in [0.25, 0.3) is 5.91 Å². The van der Waals surface area contributed by atoms with Gasteiger partial charge < -0.3 is 24.1 Å². The predicted octanol–water partition coefficient (Wildman–Crippen LogP) is 5.02. The SMILES string of the molecule is COc1ccc(NC(=O)N(O)C2N(c3ccc(OC)c(Cl)c3)C(=O)N(CC(=O)NN=Cc3ccco3)C2(C)C)cc1Cl. The Morgan fingerprint density at radius 1 is 1.12 bits per heavy atom. The topological polar surface area (TPSA) is 149 Å². The Labute approximate surface area is 251 Å². The van der Waals surface area contributed by atoms with Gasteiger partial charge in [-0.05, 0) is 62.4 Å². The Bertz CT molecular complexity index is 1500. The quantitative estimate of drug-likeness (QED) is 0.173. The lowest BCUT2D eigenvalue weighted by Gasteiger charge is -2.38. The molecule has 1 aliphatic rings. The summed E-state index contributed by atoms with van der Waals surface area (Å²) in [5, 5.41) is 18.4. The molecule has 42 heavy (non-hydrogen) atoms. The summed E-state index contributed by atoms with van der Waals surface area (Å²) in [5.41, 5.74) is 1.52. The lowest BCUT2D eigenvalue weighted by molar-refractivity contribution is -0.124. The molecule has 1 fully saturated rings. The second-order valence-electron chi connectivity index (χ2n) is 9.52. The fraction of sp³-hybridized carbons (Fsp3) is 0.259. The fourth-order valence-electron chi connectivity index (χ4n) is 4.42. The summed E-state index contributed by atoms with van der Waals surface area (Å²) in [6.07, 6.45) is 1.42. The molecule has 2 aromatic carbocycles. The third-order valence-electron chi connectivity index (χ3n) is 6.49. The highest BCUT2D eigenvalue weighted by Gasteiger charge is 2.56. The number of furan rings is 1. The first-order valence-corrected chi connectivity index (χ1v) is 13.2. The second kappa shape index (κ2) is 12.6. The molecule has 222 valence electrons. The van der Waals surface area contributed by atoms with Crippen molar-refractivity contribution in [3.8, 4) is 11.5 Å². The van der Waals surface area contributed by atoms with Crippen molar-refractivity contribution in [2.24, 2.45) is 5.10 Å². The number of hydrogen-bond donors (Lipinski definition) is 3. The summed E-state index contributed by atoms with van der Waals surface area (Å²) < 4.78 is 15.5. The minimum absolute atomic E-state index is 0.185. The van der Waals surface area contributed by atoms with Crippen LogP contribution in [0.25, 0.3) is 0 Å². The van der Waals surface area contributed by atoms with Gasteiger partial charge in [0.05, 0.1) is 42.3 Å². The number of nitrogens with zero attached hydrogens (tertiary/aromatic N) is 4. The Morgan fingerprint density at radius 3 is 2.38 bits per heavy atom. The van der Waals surface area contributed by atoms with Gasteiger partial charge in [0.1, 0.15) is 23.8 Å². The number of nitrogens with one attached hydrogen (secondary N) is 2. The average Bonchev–Trinajstić information content (AvgIpc) is 3.53. The van der Waals surface area contributed by atoms with E-state index in [0.717, 1.165) is 4.90 Å². The molecule has 1 atom stereocenters. The summed E-state index contributed by atoms with van der Waals surface area (Å²) in [4.78, 5) is 42.3. The number of methoxy groups -OCH3 is 2. The first-order chi connectivity index (χ1) is 20.0. The molecular formula is C27H28Cl2N6O7. The smallest absolute Gasteiger partial charge is 0.347 e. The minimum atomic E-state index is -1.33. The van der Waals surface area contributed by atoms with Crippen LogP contribution in [0.1, 0.15) is 19.6 Å². The highest BCUT2D eigenvalue weighted by atomic mass is 35.5. The maximum atomic E-state index is 13.8. The standard InChI is InChI=1S/C27H28Cl2N6O7/c1-27(2)24(35(39)25(37)31-16-7-9-21(40-3)19(28)12-16)34(17-8-10-22(41-4)20(29)13-17)26(38)33(27)15-23(36)32-30-14-18-6-5-11-42-18/h5-14,24,39H,15H2,1-4H3,(H,31,37)(H,32,36). The van der Waals surface area contributed by atoms with Crippen LogP contribution >= 0.6 is 23.2 Å². The van der Waals surface area contributed by atoms with Crippen molar-refractivity contribution in [1.29, 1.82) is 0 Å². The number of rotatable bonds is 9. The first kappa shape index (κ1) is 30.5. The summed E-state index contributed by atoms with van der Waals surface area (Å²) in [6, 6.07) is 10.7. The van der Waals surface area contributed by atoms with E-state index < -0.39 is 36.2 Å². The highest BCUT2D eigenvalue weighted by Crippen LogP contribution is 2.40. The first-order valence-electron chi connectivity index (χ1n) is 12.4. The van der Waals surface area contributed by atoms with Crippen LogP contribution in [0.4, 0.5) is 21.0 Å². The maximum absolute atomic E-state index is 13.8. The second-order valence-corrected chi connectivity index (χ2v) is 10.3. The molecular weight excluding hydrogens is 591 g/mol. The highest BCUT2D eigenvalue weighted by molar-refractivity contribution is 6.32. The van der Waals surface area contributed by atoms with E-state index in [2.05, 4.69) is 15.8 Å². The molecule has 0 bridgehead atoms. The lowest BCUT2D eigenvalue weighted by atomic mass is 9.99. The van der Waals surface area contributed by atoms with E-state index in [4.69, 9.17) is 37.1 Å². The van der Waals surface area contributed by atoms with Gasteiger partial charge in [-0.3, -0.25) is 14.9 Å². The van der Waals surface area contributed by atoms with E-state index >= 15 is 0 Å². The number of ether oxygens (including phenoxy) is 2. The van der Waals surface area contributed by atoms with E-state index in [1.807, 2.05) is 0 Å². The number of halogens is 2. The molecule has 3 aromatic rings. The molecule has 1 aliphatic heterocycles. The number of amides is 5. The van der Waals surface area contributed by atoms with Crippen molar-refractivity contribution in [3.05, 3.63) is 70.6 Å². The van der Waals surface area contributed by atoms with E-state index in [1.54, 1.807) is 32.0 Å². The summed E-state index contributed by atoms with van der Waals surface area (Å²) in [6.45, 7) is 2.74. The van der Waals surface area contributed by atoms with Crippen LogP contribution < -0.4 is 25.1 Å². The van der Waals surface area contributed by atoms with Crippen molar-refractivity contribution >= 4 is 58.8 Å². The predicted molar refractivity (Wildman–Crippen MR) is 156 cm³/mol. The number of urea groups is 2. The van der Waals surface area contributed by atoms with Crippen molar-refractivity contribution in [1.82, 2.24) is 15.4 Å². The molecule has 0 aliphatic carbocycles. The third-order valence-corrected chi connectivity index (χ3v) is 7.08. The molecule has 0 spiro atoms. The molecule has 1 saturated heterocycles. The van der Waals surface area contributed by atoms with Crippen LogP contribution in [0.2, 0.25) is 10.0 Å². The zero-order valence-corrected chi connectivity index (χ0v) is 24.5. The molecule has 1 unspecified atom stereocenters. The van der Waals surface area contributed by atoms with E-state index in [0.29, 0.717) is 22.3 Å². The van der Waals surface area contributed by atoms with Crippen LogP contribution in [0.3, 0.4) is 0 Å². The largest absolute Gasteiger partial charge is 0.495 e. The molecule has 4 rings (SSSR count). The van der Waals surface area contributed by atoms with E-state index in [1.165, 1.54) is 61.9 Å². The molecule has 0 radical (unpaired) electrons. The van der Waals surface area contributed by atoms with Crippen LogP contribution in [-0.4, -0.2) is 71.8 Å². The van der Waals surface area contributed by atoms with Gasteiger partial charge in [-0.15, -0.1) is 0 Å². The number of anilines is 2. The van der Waals surface area contributed by atoms with E-state index in [-0.39, 0.29) is 21.4 Å². The molecule has 1 aromatic heterocycles. The van der Waals surface area contributed by atoms with E-state index in [9.17, 15) is 19.6 Å². The molecule has 3 N–H and O–H groups in total. The van der Waals surface area contributed by atoms with Crippen molar-refractivity contribution in [2.45, 2.75) is 25.6 Å². The van der Waals surface area contributed by atoms with Gasteiger partial charge in [-0.1, -0.05) is 23.2 Å². The summed E-state index contributed by atoms with van der Waals surface area (Å²) >= 11 is 12.5. The number of benzene rings is 2. The lowest BCUT2D eigenvalue weighted by Crippen LogP contribution is -2.58. The molecule has 13 nitrogen and oxygen atoms in total. The fourth-order valence-corrected chi connectivity index (χ4v) is 4.93.